The van der Waals surface area contributed by atoms with Crippen molar-refractivity contribution >= 4 is 0 Å². The Kier molecular flexibility index (Phi) is 2.16. The van der Waals surface area contributed by atoms with Crippen molar-refractivity contribution in [3.05, 3.63) is 29.6 Å². The Balaban J connectivity index is 3.14. The molecule has 0 aliphatic rings. The molecule has 0 spiro atoms. The Morgan fingerprint density at radius 3 is 2.83 bits per heavy atom. The molecule has 0 saturated carbocycles. The van der Waals surface area contributed by atoms with Gasteiger partial charge in [0.05, 0.1) is 5.69 Å². The highest BCUT2D eigenvalue weighted by molar-refractivity contribution is 5.25. The second kappa shape index (κ2) is 2.96. The molecule has 1 aromatic rings. The fraction of sp³-hybridized carbons (Fsp3) is 0.300. The second-order valence-corrected chi connectivity index (χ2v) is 2.93. The van der Waals surface area contributed by atoms with Crippen molar-refractivity contribution in [1.29, 1.82) is 0 Å². The summed E-state index contributed by atoms with van der Waals surface area (Å²) in [7, 11) is 0. The van der Waals surface area contributed by atoms with E-state index < -0.39 is 5.60 Å². The van der Waals surface area contributed by atoms with Crippen LogP contribution in [0.5, 0.6) is 0 Å². The van der Waals surface area contributed by atoms with E-state index in [0.29, 0.717) is 5.69 Å². The molecule has 2 nitrogen and oxygen atoms in total. The van der Waals surface area contributed by atoms with Gasteiger partial charge in [-0.1, -0.05) is 5.92 Å². The van der Waals surface area contributed by atoms with Gasteiger partial charge in [-0.2, -0.15) is 0 Å². The number of rotatable bonds is 1. The molecule has 62 valence electrons. The monoisotopic (exact) mass is 161 g/mol. The maximum Gasteiger partial charge on any atom is 0.164 e. The maximum absolute atomic E-state index is 9.62. The highest BCUT2D eigenvalue weighted by Crippen LogP contribution is 2.17. The molecule has 1 heterocycles. The van der Waals surface area contributed by atoms with Gasteiger partial charge < -0.3 is 5.11 Å². The lowest BCUT2D eigenvalue weighted by Gasteiger charge is -2.15. The van der Waals surface area contributed by atoms with Gasteiger partial charge in [0.2, 0.25) is 0 Å². The average molecular weight is 161 g/mol. The quantitative estimate of drug-likeness (QED) is 0.628. The van der Waals surface area contributed by atoms with Crippen LogP contribution in [0, 0.1) is 19.3 Å². The number of pyridine rings is 1. The van der Waals surface area contributed by atoms with Crippen LogP contribution in [0.2, 0.25) is 0 Å². The van der Waals surface area contributed by atoms with Crippen molar-refractivity contribution in [3.63, 3.8) is 0 Å². The van der Waals surface area contributed by atoms with Crippen molar-refractivity contribution in [2.45, 2.75) is 19.4 Å². The summed E-state index contributed by atoms with van der Waals surface area (Å²) in [6, 6.07) is 3.63. The minimum absolute atomic E-state index is 0.519. The third-order valence-electron chi connectivity index (χ3n) is 1.70. The fourth-order valence-corrected chi connectivity index (χ4v) is 0.876. The predicted octanol–water partition coefficient (Wildman–Crippen LogP) is 1.23. The highest BCUT2D eigenvalue weighted by Gasteiger charge is 2.20. The lowest BCUT2D eigenvalue weighted by molar-refractivity contribution is 0.117. The Morgan fingerprint density at radius 1 is 1.67 bits per heavy atom. The van der Waals surface area contributed by atoms with Crippen LogP contribution < -0.4 is 0 Å². The number of aromatic nitrogens is 1. The summed E-state index contributed by atoms with van der Waals surface area (Å²) in [6.45, 7) is 3.48. The highest BCUT2D eigenvalue weighted by atomic mass is 16.3. The summed E-state index contributed by atoms with van der Waals surface area (Å²) < 4.78 is 0. The molecule has 0 aromatic carbocycles. The first kappa shape index (κ1) is 8.76. The van der Waals surface area contributed by atoms with E-state index in [9.17, 15) is 5.11 Å². The SMILES string of the molecule is C#CC(C)(O)c1cc(C)ccn1. The minimum Gasteiger partial charge on any atom is -0.372 e. The van der Waals surface area contributed by atoms with E-state index >= 15 is 0 Å². The summed E-state index contributed by atoms with van der Waals surface area (Å²) in [6.07, 6.45) is 6.78. The molecule has 1 aromatic heterocycles. The molecule has 0 amide bonds. The summed E-state index contributed by atoms with van der Waals surface area (Å²) in [5.41, 5.74) is 0.298. The van der Waals surface area contributed by atoms with Crippen molar-refractivity contribution in [2.75, 3.05) is 0 Å². The molecule has 0 saturated heterocycles. The molecule has 2 heteroatoms. The molecular weight excluding hydrogens is 150 g/mol. The molecule has 1 unspecified atom stereocenters. The number of terminal acetylenes is 1. The normalized spacial score (nSPS) is 14.8. The number of aryl methyl sites for hydroxylation is 1. The zero-order valence-corrected chi connectivity index (χ0v) is 7.20. The van der Waals surface area contributed by atoms with Gasteiger partial charge in [-0.15, -0.1) is 6.42 Å². The fourth-order valence-electron chi connectivity index (χ4n) is 0.876. The summed E-state index contributed by atoms with van der Waals surface area (Å²) in [5, 5.41) is 9.62. The maximum atomic E-state index is 9.62. The number of hydrogen-bond acceptors (Lipinski definition) is 2. The van der Waals surface area contributed by atoms with Gasteiger partial charge in [-0.05, 0) is 31.5 Å². The largest absolute Gasteiger partial charge is 0.372 e. The van der Waals surface area contributed by atoms with Crippen LogP contribution in [-0.4, -0.2) is 10.1 Å². The minimum atomic E-state index is -1.26. The van der Waals surface area contributed by atoms with E-state index in [4.69, 9.17) is 6.42 Å². The van der Waals surface area contributed by atoms with Gasteiger partial charge in [-0.25, -0.2) is 0 Å². The number of nitrogens with zero attached hydrogens (tertiary/aromatic N) is 1. The summed E-state index contributed by atoms with van der Waals surface area (Å²) in [4.78, 5) is 3.99. The van der Waals surface area contributed by atoms with Crippen LogP contribution in [0.15, 0.2) is 18.3 Å². The lowest BCUT2D eigenvalue weighted by Crippen LogP contribution is -2.19. The smallest absolute Gasteiger partial charge is 0.164 e. The first-order valence-corrected chi connectivity index (χ1v) is 3.69. The zero-order valence-electron chi connectivity index (χ0n) is 7.20. The molecule has 0 bridgehead atoms. The molecule has 1 atom stereocenters. The van der Waals surface area contributed by atoms with Crippen LogP contribution in [0.1, 0.15) is 18.2 Å². The molecule has 0 aliphatic heterocycles. The topological polar surface area (TPSA) is 33.1 Å². The Morgan fingerprint density at radius 2 is 2.33 bits per heavy atom. The third kappa shape index (κ3) is 1.63. The molecule has 0 aliphatic carbocycles. The average Bonchev–Trinajstić information content (AvgIpc) is 2.05. The van der Waals surface area contributed by atoms with Gasteiger partial charge in [0, 0.05) is 6.20 Å². The molecule has 0 radical (unpaired) electrons. The molecule has 0 fully saturated rings. The van der Waals surface area contributed by atoms with Gasteiger partial charge >= 0.3 is 0 Å². The Labute approximate surface area is 72.3 Å². The molecule has 1 N–H and O–H groups in total. The van der Waals surface area contributed by atoms with Crippen molar-refractivity contribution in [3.8, 4) is 12.3 Å². The summed E-state index contributed by atoms with van der Waals surface area (Å²) in [5.74, 6) is 2.28. The molecular formula is C10H11NO. The van der Waals surface area contributed by atoms with E-state index in [2.05, 4.69) is 10.9 Å². The Bertz CT molecular complexity index is 323. The van der Waals surface area contributed by atoms with Gasteiger partial charge in [0.15, 0.2) is 5.60 Å². The van der Waals surface area contributed by atoms with Crippen LogP contribution >= 0.6 is 0 Å². The van der Waals surface area contributed by atoms with Crippen molar-refractivity contribution < 1.29 is 5.11 Å². The molecule has 1 rings (SSSR count). The first-order chi connectivity index (χ1) is 5.56. The van der Waals surface area contributed by atoms with Gasteiger partial charge in [0.25, 0.3) is 0 Å². The zero-order chi connectivity index (χ0) is 9.19. The summed E-state index contributed by atoms with van der Waals surface area (Å²) >= 11 is 0. The first-order valence-electron chi connectivity index (χ1n) is 3.69. The molecule has 12 heavy (non-hydrogen) atoms. The Hall–Kier alpha value is -1.33. The van der Waals surface area contributed by atoms with Gasteiger partial charge in [0.1, 0.15) is 0 Å². The van der Waals surface area contributed by atoms with Crippen molar-refractivity contribution in [1.82, 2.24) is 4.98 Å². The second-order valence-electron chi connectivity index (χ2n) is 2.93. The van der Waals surface area contributed by atoms with Crippen molar-refractivity contribution in [2.24, 2.45) is 0 Å². The van der Waals surface area contributed by atoms with E-state index in [1.54, 1.807) is 19.2 Å². The van der Waals surface area contributed by atoms with Crippen LogP contribution in [0.3, 0.4) is 0 Å². The van der Waals surface area contributed by atoms with Gasteiger partial charge in [-0.3, -0.25) is 4.98 Å². The standard InChI is InChI=1S/C10H11NO/c1-4-10(3,12)9-7-8(2)5-6-11-9/h1,5-7,12H,2-3H3. The predicted molar refractivity (Wildman–Crippen MR) is 47.4 cm³/mol. The van der Waals surface area contributed by atoms with Crippen LogP contribution in [0.4, 0.5) is 0 Å². The van der Waals surface area contributed by atoms with E-state index in [1.165, 1.54) is 0 Å². The number of aliphatic hydroxyl groups is 1. The van der Waals surface area contributed by atoms with Crippen LogP contribution in [0.25, 0.3) is 0 Å². The van der Waals surface area contributed by atoms with E-state index in [1.807, 2.05) is 13.0 Å². The third-order valence-corrected chi connectivity index (χ3v) is 1.70. The van der Waals surface area contributed by atoms with E-state index in [-0.39, 0.29) is 0 Å². The van der Waals surface area contributed by atoms with E-state index in [0.717, 1.165) is 5.56 Å². The lowest BCUT2D eigenvalue weighted by atomic mass is 10.0. The number of hydrogen-bond donors (Lipinski definition) is 1. The van der Waals surface area contributed by atoms with Crippen LogP contribution in [-0.2, 0) is 5.60 Å².